The third kappa shape index (κ3) is 4.10. The quantitative estimate of drug-likeness (QED) is 0.635. The molecule has 0 aliphatic heterocycles. The van der Waals surface area contributed by atoms with Crippen LogP contribution in [0.3, 0.4) is 0 Å². The molecular weight excluding hydrogens is 314 g/mol. The van der Waals surface area contributed by atoms with E-state index in [2.05, 4.69) is 29.4 Å². The maximum atomic E-state index is 12.2. The highest BCUT2D eigenvalue weighted by Gasteiger charge is 2.13. The number of thioether (sulfide) groups is 1. The summed E-state index contributed by atoms with van der Waals surface area (Å²) in [5.74, 6) is 5.75. The number of anilines is 1. The molecule has 1 aromatic carbocycles. The van der Waals surface area contributed by atoms with E-state index in [0.29, 0.717) is 5.92 Å². The zero-order chi connectivity index (χ0) is 17.0. The van der Waals surface area contributed by atoms with E-state index in [-0.39, 0.29) is 16.8 Å². The number of nitrogens with one attached hydrogen (secondary N) is 1. The van der Waals surface area contributed by atoms with Crippen molar-refractivity contribution in [3.8, 4) is 0 Å². The van der Waals surface area contributed by atoms with E-state index in [1.54, 1.807) is 0 Å². The van der Waals surface area contributed by atoms with Crippen LogP contribution in [-0.2, 0) is 4.79 Å². The summed E-state index contributed by atoms with van der Waals surface area (Å²) >= 11 is 1.06. The summed E-state index contributed by atoms with van der Waals surface area (Å²) in [7, 11) is 0. The van der Waals surface area contributed by atoms with Crippen molar-refractivity contribution in [3.05, 3.63) is 45.9 Å². The minimum absolute atomic E-state index is 0.0845. The van der Waals surface area contributed by atoms with Crippen LogP contribution in [0.2, 0.25) is 0 Å². The average molecular weight is 333 g/mol. The Morgan fingerprint density at radius 1 is 1.43 bits per heavy atom. The summed E-state index contributed by atoms with van der Waals surface area (Å²) < 4.78 is 0.873. The van der Waals surface area contributed by atoms with E-state index in [1.807, 2.05) is 25.1 Å². The Labute approximate surface area is 138 Å². The molecule has 2 aromatic rings. The Kier molecular flexibility index (Phi) is 5.38. The largest absolute Gasteiger partial charge is 0.334 e. The van der Waals surface area contributed by atoms with E-state index in [9.17, 15) is 9.59 Å². The maximum absolute atomic E-state index is 12.2. The first kappa shape index (κ1) is 17.0. The molecule has 0 radical (unpaired) electrons. The maximum Gasteiger partial charge on any atom is 0.291 e. The number of aryl methyl sites for hydroxylation is 1. The van der Waals surface area contributed by atoms with E-state index in [1.165, 1.54) is 0 Å². The molecule has 0 unspecified atom stereocenters. The van der Waals surface area contributed by atoms with Crippen LogP contribution in [0.4, 0.5) is 5.69 Å². The van der Waals surface area contributed by atoms with Crippen molar-refractivity contribution in [1.29, 1.82) is 0 Å². The summed E-state index contributed by atoms with van der Waals surface area (Å²) in [5.41, 5.74) is 2.45. The number of hydrogen-bond acceptors (Lipinski definition) is 6. The van der Waals surface area contributed by atoms with Gasteiger partial charge in [-0.3, -0.25) is 9.59 Å². The summed E-state index contributed by atoms with van der Waals surface area (Å²) in [6.07, 6.45) is 1.02. The first-order valence-corrected chi connectivity index (χ1v) is 8.10. The van der Waals surface area contributed by atoms with Crippen molar-refractivity contribution in [3.63, 3.8) is 0 Å². The number of carbonyl (C=O) groups is 1. The minimum atomic E-state index is -0.469. The van der Waals surface area contributed by atoms with Gasteiger partial charge >= 0.3 is 0 Å². The average Bonchev–Trinajstić information content (AvgIpc) is 2.50. The fourth-order valence-corrected chi connectivity index (χ4v) is 2.74. The van der Waals surface area contributed by atoms with Crippen LogP contribution in [0.15, 0.2) is 34.3 Å². The van der Waals surface area contributed by atoms with Gasteiger partial charge in [0.25, 0.3) is 5.56 Å². The first-order valence-electron chi connectivity index (χ1n) is 7.12. The Morgan fingerprint density at radius 3 is 2.87 bits per heavy atom. The minimum Gasteiger partial charge on any atom is -0.334 e. The molecule has 0 fully saturated rings. The van der Waals surface area contributed by atoms with Gasteiger partial charge in [-0.05, 0) is 24.0 Å². The van der Waals surface area contributed by atoms with E-state index in [4.69, 9.17) is 5.84 Å². The second kappa shape index (κ2) is 7.28. The zero-order valence-corrected chi connectivity index (χ0v) is 14.1. The number of aromatic nitrogens is 3. The fourth-order valence-electron chi connectivity index (χ4n) is 2.08. The normalized spacial score (nSPS) is 10.8. The number of hydrogen-bond donors (Lipinski definition) is 2. The molecule has 0 saturated carbocycles. The van der Waals surface area contributed by atoms with Crippen molar-refractivity contribution < 1.29 is 4.79 Å². The van der Waals surface area contributed by atoms with Crippen molar-refractivity contribution in [2.24, 2.45) is 0 Å². The van der Waals surface area contributed by atoms with Gasteiger partial charge in [0, 0.05) is 5.69 Å². The topological polar surface area (TPSA) is 103 Å². The van der Waals surface area contributed by atoms with Crippen LogP contribution in [0.25, 0.3) is 0 Å². The molecule has 0 bridgehead atoms. The predicted molar refractivity (Wildman–Crippen MR) is 91.1 cm³/mol. The third-order valence-electron chi connectivity index (χ3n) is 3.28. The highest BCUT2D eigenvalue weighted by molar-refractivity contribution is 7.99. The molecule has 2 rings (SSSR count). The number of benzene rings is 1. The molecule has 1 heterocycles. The van der Waals surface area contributed by atoms with Gasteiger partial charge in [0.15, 0.2) is 0 Å². The molecular formula is C15H19N5O2S. The van der Waals surface area contributed by atoms with Gasteiger partial charge in [-0.2, -0.15) is 9.77 Å². The van der Waals surface area contributed by atoms with Crippen molar-refractivity contribution in [2.45, 2.75) is 31.8 Å². The van der Waals surface area contributed by atoms with Gasteiger partial charge in [-0.25, -0.2) is 0 Å². The molecule has 1 amide bonds. The molecule has 0 atom stereocenters. The lowest BCUT2D eigenvalue weighted by molar-refractivity contribution is -0.113. The van der Waals surface area contributed by atoms with E-state index < -0.39 is 5.56 Å². The summed E-state index contributed by atoms with van der Waals surface area (Å²) in [4.78, 5) is 23.6. The van der Waals surface area contributed by atoms with Crippen molar-refractivity contribution in [1.82, 2.24) is 14.9 Å². The number of nitrogens with zero attached hydrogens (tertiary/aromatic N) is 3. The first-order chi connectivity index (χ1) is 10.9. The number of nitrogen functional groups attached to an aromatic ring is 1. The molecule has 8 heteroatoms. The smallest absolute Gasteiger partial charge is 0.291 e. The van der Waals surface area contributed by atoms with Crippen LogP contribution in [0, 0.1) is 6.92 Å². The molecule has 23 heavy (non-hydrogen) atoms. The molecule has 1 aromatic heterocycles. The Morgan fingerprint density at radius 2 is 2.17 bits per heavy atom. The van der Waals surface area contributed by atoms with E-state index >= 15 is 0 Å². The highest BCUT2D eigenvalue weighted by atomic mass is 32.2. The Bertz CT molecular complexity index is 773. The molecule has 0 spiro atoms. The molecule has 7 nitrogen and oxygen atoms in total. The van der Waals surface area contributed by atoms with Gasteiger partial charge < -0.3 is 11.2 Å². The van der Waals surface area contributed by atoms with Crippen LogP contribution < -0.4 is 16.7 Å². The molecule has 0 saturated heterocycles. The second-order valence-corrected chi connectivity index (χ2v) is 6.31. The fraction of sp³-hybridized carbons (Fsp3) is 0.333. The number of nitrogens with two attached hydrogens (primary N) is 1. The zero-order valence-electron chi connectivity index (χ0n) is 13.2. The molecule has 122 valence electrons. The Hall–Kier alpha value is -2.35. The van der Waals surface area contributed by atoms with Crippen molar-refractivity contribution >= 4 is 23.4 Å². The summed E-state index contributed by atoms with van der Waals surface area (Å²) in [5, 5.41) is 10.4. The Balaban J connectivity index is 2.09. The lowest BCUT2D eigenvalue weighted by Gasteiger charge is -2.16. The van der Waals surface area contributed by atoms with Crippen LogP contribution >= 0.6 is 11.8 Å². The number of rotatable bonds is 5. The standard InChI is InChI=1S/C15H19N5O2S/c1-9(2)11-6-4-5-10(3)14(11)18-12(21)8-23-15-19-17-7-13(22)20(15)16/h4-7,9H,8,16H2,1-3H3,(H,18,21). The molecule has 3 N–H and O–H groups in total. The van der Waals surface area contributed by atoms with Crippen molar-refractivity contribution in [2.75, 3.05) is 16.9 Å². The summed E-state index contributed by atoms with van der Waals surface area (Å²) in [6, 6.07) is 5.93. The van der Waals surface area contributed by atoms with Gasteiger partial charge in [-0.1, -0.05) is 43.8 Å². The number of para-hydroxylation sites is 1. The third-order valence-corrected chi connectivity index (χ3v) is 4.22. The monoisotopic (exact) mass is 333 g/mol. The summed E-state index contributed by atoms with van der Waals surface area (Å²) in [6.45, 7) is 6.10. The van der Waals surface area contributed by atoms with Crippen LogP contribution in [-0.4, -0.2) is 26.5 Å². The van der Waals surface area contributed by atoms with Crippen LogP contribution in [0.1, 0.15) is 30.9 Å². The SMILES string of the molecule is Cc1cccc(C(C)C)c1NC(=O)CSc1nncc(=O)n1N. The van der Waals surface area contributed by atoms with Gasteiger partial charge in [0.1, 0.15) is 6.20 Å². The van der Waals surface area contributed by atoms with Crippen LogP contribution in [0.5, 0.6) is 0 Å². The van der Waals surface area contributed by atoms with Gasteiger partial charge in [-0.15, -0.1) is 5.10 Å². The van der Waals surface area contributed by atoms with Gasteiger partial charge in [0.2, 0.25) is 11.1 Å². The lowest BCUT2D eigenvalue weighted by Crippen LogP contribution is -2.30. The number of amides is 1. The van der Waals surface area contributed by atoms with E-state index in [0.717, 1.165) is 39.4 Å². The molecule has 0 aliphatic carbocycles. The predicted octanol–water partition coefficient (Wildman–Crippen LogP) is 1.51. The number of carbonyl (C=O) groups excluding carboxylic acids is 1. The second-order valence-electron chi connectivity index (χ2n) is 5.37. The van der Waals surface area contributed by atoms with Gasteiger partial charge in [0.05, 0.1) is 5.75 Å². The highest BCUT2D eigenvalue weighted by Crippen LogP contribution is 2.27. The molecule has 0 aliphatic rings. The lowest BCUT2D eigenvalue weighted by atomic mass is 9.98.